The summed E-state index contributed by atoms with van der Waals surface area (Å²) in [5, 5.41) is 19.2. The number of hydrogen-bond acceptors (Lipinski definition) is 3. The minimum Gasteiger partial charge on any atom is -0.508 e. The Balaban J connectivity index is 1.60. The summed E-state index contributed by atoms with van der Waals surface area (Å²) in [4.78, 5) is 4.91. The van der Waals surface area contributed by atoms with Crippen molar-refractivity contribution in [3.63, 3.8) is 0 Å². The summed E-state index contributed by atoms with van der Waals surface area (Å²) in [6.07, 6.45) is 9.76. The van der Waals surface area contributed by atoms with Crippen LogP contribution in [0.5, 0.6) is 11.5 Å². The fourth-order valence-electron chi connectivity index (χ4n) is 5.07. The molecule has 5 rings (SSSR count). The normalized spacial score (nSPS) is 38.7. The van der Waals surface area contributed by atoms with Gasteiger partial charge in [-0.25, -0.2) is 0 Å². The van der Waals surface area contributed by atoms with Gasteiger partial charge in [-0.2, -0.15) is 0 Å². The van der Waals surface area contributed by atoms with E-state index in [1.54, 1.807) is 12.1 Å². The second-order valence-electron chi connectivity index (χ2n) is 7.14. The first kappa shape index (κ1) is 12.2. The van der Waals surface area contributed by atoms with Gasteiger partial charge in [-0.1, -0.05) is 0 Å². The number of hydrogen-bond donors (Lipinski definition) is 2. The summed E-state index contributed by atoms with van der Waals surface area (Å²) < 4.78 is 0. The molecule has 0 saturated heterocycles. The van der Waals surface area contributed by atoms with E-state index < -0.39 is 0 Å². The van der Waals surface area contributed by atoms with Crippen LogP contribution in [-0.4, -0.2) is 22.0 Å². The van der Waals surface area contributed by atoms with Crippen LogP contribution in [-0.2, 0) is 0 Å². The van der Waals surface area contributed by atoms with Gasteiger partial charge in [0, 0.05) is 17.8 Å². The van der Waals surface area contributed by atoms with Gasteiger partial charge in [-0.3, -0.25) is 4.99 Å². The average Bonchev–Trinajstić information content (AvgIpc) is 2.36. The molecule has 4 bridgehead atoms. The molecule has 4 aliphatic carbocycles. The maximum absolute atomic E-state index is 9.85. The van der Waals surface area contributed by atoms with Crippen LogP contribution in [0.4, 0.5) is 0 Å². The molecule has 3 nitrogen and oxygen atoms in total. The van der Waals surface area contributed by atoms with Crippen molar-refractivity contribution in [2.75, 3.05) is 0 Å². The van der Waals surface area contributed by atoms with E-state index in [1.165, 1.54) is 44.6 Å². The molecule has 0 aromatic heterocycles. The SMILES string of the molecule is Oc1ccc(C=NC23CC4CC(CC(C4)C2)C3)c(O)c1. The second kappa shape index (κ2) is 4.24. The van der Waals surface area contributed by atoms with E-state index in [0.717, 1.165) is 17.8 Å². The highest BCUT2D eigenvalue weighted by atomic mass is 16.3. The van der Waals surface area contributed by atoms with Gasteiger partial charge in [-0.05, 0) is 68.4 Å². The van der Waals surface area contributed by atoms with Crippen molar-refractivity contribution in [1.82, 2.24) is 0 Å². The zero-order chi connectivity index (χ0) is 13.7. The number of aliphatic imine (C=N–C) groups is 1. The molecule has 4 saturated carbocycles. The van der Waals surface area contributed by atoms with E-state index in [1.807, 2.05) is 6.21 Å². The first-order valence-corrected chi connectivity index (χ1v) is 7.69. The van der Waals surface area contributed by atoms with Crippen molar-refractivity contribution < 1.29 is 10.2 Å². The molecular weight excluding hydrogens is 250 g/mol. The number of aromatic hydroxyl groups is 2. The zero-order valence-electron chi connectivity index (χ0n) is 11.6. The molecule has 0 unspecified atom stereocenters. The van der Waals surface area contributed by atoms with Crippen molar-refractivity contribution in [3.8, 4) is 11.5 Å². The molecule has 0 spiro atoms. The van der Waals surface area contributed by atoms with Crippen molar-refractivity contribution in [2.24, 2.45) is 22.7 Å². The lowest BCUT2D eigenvalue weighted by molar-refractivity contribution is 0.00195. The Morgan fingerprint density at radius 3 is 2.15 bits per heavy atom. The second-order valence-corrected chi connectivity index (χ2v) is 7.14. The molecule has 3 heteroatoms. The number of nitrogens with zero attached hydrogens (tertiary/aromatic N) is 1. The largest absolute Gasteiger partial charge is 0.508 e. The third-order valence-corrected chi connectivity index (χ3v) is 5.50. The highest BCUT2D eigenvalue weighted by molar-refractivity contribution is 5.84. The van der Waals surface area contributed by atoms with E-state index in [-0.39, 0.29) is 17.0 Å². The van der Waals surface area contributed by atoms with Crippen LogP contribution in [0.1, 0.15) is 44.1 Å². The maximum atomic E-state index is 9.85. The molecule has 106 valence electrons. The molecule has 0 aliphatic heterocycles. The third-order valence-electron chi connectivity index (χ3n) is 5.50. The maximum Gasteiger partial charge on any atom is 0.128 e. The fourth-order valence-corrected chi connectivity index (χ4v) is 5.07. The Morgan fingerprint density at radius 2 is 1.60 bits per heavy atom. The summed E-state index contributed by atoms with van der Waals surface area (Å²) in [7, 11) is 0. The van der Waals surface area contributed by atoms with E-state index in [4.69, 9.17) is 4.99 Å². The van der Waals surface area contributed by atoms with E-state index >= 15 is 0 Å². The Bertz CT molecular complexity index is 529. The molecular formula is C17H21NO2. The van der Waals surface area contributed by atoms with E-state index in [2.05, 4.69) is 0 Å². The number of phenolic OH excluding ortho intramolecular Hbond substituents is 2. The van der Waals surface area contributed by atoms with Crippen LogP contribution in [0.15, 0.2) is 23.2 Å². The average molecular weight is 271 g/mol. The summed E-state index contributed by atoms with van der Waals surface area (Å²) in [5.41, 5.74) is 0.845. The Hall–Kier alpha value is -1.51. The van der Waals surface area contributed by atoms with Crippen molar-refractivity contribution in [3.05, 3.63) is 23.8 Å². The predicted octanol–water partition coefficient (Wildman–Crippen LogP) is 3.49. The van der Waals surface area contributed by atoms with Gasteiger partial charge >= 0.3 is 0 Å². The summed E-state index contributed by atoms with van der Waals surface area (Å²) in [5.74, 6) is 2.85. The molecule has 2 N–H and O–H groups in total. The summed E-state index contributed by atoms with van der Waals surface area (Å²) >= 11 is 0. The predicted molar refractivity (Wildman–Crippen MR) is 78.3 cm³/mol. The Morgan fingerprint density at radius 1 is 1.00 bits per heavy atom. The molecule has 1 aromatic carbocycles. The highest BCUT2D eigenvalue weighted by Gasteiger charge is 2.50. The molecule has 0 radical (unpaired) electrons. The highest BCUT2D eigenvalue weighted by Crippen LogP contribution is 2.57. The molecule has 0 amide bonds. The third kappa shape index (κ3) is 2.00. The Labute approximate surface area is 119 Å². The lowest BCUT2D eigenvalue weighted by atomic mass is 9.53. The van der Waals surface area contributed by atoms with Crippen LogP contribution in [0, 0.1) is 17.8 Å². The quantitative estimate of drug-likeness (QED) is 0.809. The zero-order valence-corrected chi connectivity index (χ0v) is 11.6. The topological polar surface area (TPSA) is 52.8 Å². The summed E-state index contributed by atoms with van der Waals surface area (Å²) in [6, 6.07) is 4.70. The van der Waals surface area contributed by atoms with Gasteiger partial charge in [0.2, 0.25) is 0 Å². The van der Waals surface area contributed by atoms with Gasteiger partial charge in [-0.15, -0.1) is 0 Å². The molecule has 1 aromatic rings. The van der Waals surface area contributed by atoms with Gasteiger partial charge < -0.3 is 10.2 Å². The fraction of sp³-hybridized carbons (Fsp3) is 0.588. The van der Waals surface area contributed by atoms with E-state index in [9.17, 15) is 10.2 Å². The Kier molecular flexibility index (Phi) is 2.60. The molecule has 4 fully saturated rings. The molecule has 20 heavy (non-hydrogen) atoms. The smallest absolute Gasteiger partial charge is 0.128 e. The molecule has 0 heterocycles. The molecule has 0 atom stereocenters. The van der Waals surface area contributed by atoms with Gasteiger partial charge in [0.15, 0.2) is 0 Å². The number of rotatable bonds is 2. The number of phenols is 2. The minimum atomic E-state index is 0.0921. The van der Waals surface area contributed by atoms with E-state index in [0.29, 0.717) is 5.56 Å². The van der Waals surface area contributed by atoms with Crippen molar-refractivity contribution in [2.45, 2.75) is 44.1 Å². The first-order valence-electron chi connectivity index (χ1n) is 7.69. The number of benzene rings is 1. The standard InChI is InChI=1S/C17H21NO2/c19-15-2-1-14(16(20)6-15)10-18-17-7-11-3-12(8-17)5-13(4-11)9-17/h1-2,6,10-13,19-20H,3-5,7-9H2. The van der Waals surface area contributed by atoms with Crippen LogP contribution in [0.3, 0.4) is 0 Å². The van der Waals surface area contributed by atoms with Gasteiger partial charge in [0.1, 0.15) is 11.5 Å². The van der Waals surface area contributed by atoms with Gasteiger partial charge in [0.25, 0.3) is 0 Å². The molecule has 4 aliphatic rings. The first-order chi connectivity index (χ1) is 9.62. The van der Waals surface area contributed by atoms with Crippen LogP contribution >= 0.6 is 0 Å². The monoisotopic (exact) mass is 271 g/mol. The lowest BCUT2D eigenvalue weighted by Crippen LogP contribution is -2.49. The van der Waals surface area contributed by atoms with Crippen LogP contribution in [0.25, 0.3) is 0 Å². The van der Waals surface area contributed by atoms with Crippen LogP contribution in [0.2, 0.25) is 0 Å². The minimum absolute atomic E-state index is 0.0921. The lowest BCUT2D eigenvalue weighted by Gasteiger charge is -2.54. The van der Waals surface area contributed by atoms with Crippen LogP contribution < -0.4 is 0 Å². The van der Waals surface area contributed by atoms with Crippen molar-refractivity contribution in [1.29, 1.82) is 0 Å². The van der Waals surface area contributed by atoms with Crippen molar-refractivity contribution >= 4 is 6.21 Å². The van der Waals surface area contributed by atoms with Gasteiger partial charge in [0.05, 0.1) is 5.54 Å². The summed E-state index contributed by atoms with van der Waals surface area (Å²) in [6.45, 7) is 0.